The van der Waals surface area contributed by atoms with Gasteiger partial charge >= 0.3 is 0 Å². The van der Waals surface area contributed by atoms with Crippen LogP contribution in [0, 0.1) is 0 Å². The molecule has 2 fully saturated rings. The number of nitrogens with zero attached hydrogens (tertiary/aromatic N) is 7. The summed E-state index contributed by atoms with van der Waals surface area (Å²) in [5.74, 6) is 1.57. The molecule has 13 heteroatoms. The number of anilines is 4. The van der Waals surface area contributed by atoms with Gasteiger partial charge in [0.2, 0.25) is 21.9 Å². The second-order valence-corrected chi connectivity index (χ2v) is 11.1. The highest BCUT2D eigenvalue weighted by molar-refractivity contribution is 7.89. The Balaban J connectivity index is 1.41. The number of benzene rings is 1. The third kappa shape index (κ3) is 4.59. The number of aromatic nitrogens is 4. The average molecular weight is 524 g/mol. The molecule has 0 aliphatic carbocycles. The van der Waals surface area contributed by atoms with E-state index in [2.05, 4.69) is 25.1 Å². The van der Waals surface area contributed by atoms with Gasteiger partial charge < -0.3 is 25.6 Å². The first-order valence-electron chi connectivity index (χ1n) is 12.4. The minimum Gasteiger partial charge on any atom is -0.378 e. The molecule has 5 heterocycles. The van der Waals surface area contributed by atoms with E-state index in [0.29, 0.717) is 71.4 Å². The number of nitrogens with one attached hydrogen (secondary N) is 1. The van der Waals surface area contributed by atoms with Crippen molar-refractivity contribution >= 4 is 33.4 Å². The molecule has 0 saturated carbocycles. The number of hydrogen-bond acceptors (Lipinski definition) is 11. The van der Waals surface area contributed by atoms with E-state index in [4.69, 9.17) is 20.4 Å². The van der Waals surface area contributed by atoms with Crippen LogP contribution < -0.4 is 20.9 Å². The third-order valence-corrected chi connectivity index (χ3v) is 8.79. The van der Waals surface area contributed by atoms with Crippen LogP contribution in [-0.4, -0.2) is 91.7 Å². The van der Waals surface area contributed by atoms with Gasteiger partial charge in [0, 0.05) is 75.0 Å². The molecule has 0 amide bonds. The SMILES string of the molecule is Nc1ncc(-c2nc(N3CCOCC3)nc3c2CCN3c2cccc(S(=O)(=O)N3CCNCC3)c2)cn1. The molecule has 3 aliphatic rings. The molecule has 0 radical (unpaired) electrons. The fourth-order valence-electron chi connectivity index (χ4n) is 4.94. The molecule has 1 aromatic carbocycles. The predicted octanol–water partition coefficient (Wildman–Crippen LogP) is 0.641. The molecule has 3 aliphatic heterocycles. The second-order valence-electron chi connectivity index (χ2n) is 9.16. The van der Waals surface area contributed by atoms with Crippen LogP contribution in [0.15, 0.2) is 41.6 Å². The summed E-state index contributed by atoms with van der Waals surface area (Å²) in [4.78, 5) is 22.7. The number of ether oxygens (including phenoxy) is 1. The van der Waals surface area contributed by atoms with Crippen molar-refractivity contribution < 1.29 is 13.2 Å². The minimum atomic E-state index is -3.59. The molecule has 3 N–H and O–H groups in total. The summed E-state index contributed by atoms with van der Waals surface area (Å²) in [5, 5.41) is 3.20. The fourth-order valence-corrected chi connectivity index (χ4v) is 6.43. The predicted molar refractivity (Wildman–Crippen MR) is 139 cm³/mol. The van der Waals surface area contributed by atoms with E-state index in [9.17, 15) is 8.42 Å². The van der Waals surface area contributed by atoms with E-state index in [-0.39, 0.29) is 10.8 Å². The van der Waals surface area contributed by atoms with Crippen molar-refractivity contribution in [2.75, 3.05) is 74.6 Å². The molecular formula is C24H29N9O3S. The van der Waals surface area contributed by atoms with Crippen molar-refractivity contribution in [2.24, 2.45) is 0 Å². The van der Waals surface area contributed by atoms with Gasteiger partial charge in [-0.25, -0.2) is 23.4 Å². The number of nitrogens with two attached hydrogens (primary N) is 1. The van der Waals surface area contributed by atoms with Gasteiger partial charge in [-0.1, -0.05) is 6.07 Å². The molecule has 2 saturated heterocycles. The normalized spacial score (nSPS) is 18.7. The molecule has 0 bridgehead atoms. The quantitative estimate of drug-likeness (QED) is 0.486. The molecule has 0 unspecified atom stereocenters. The summed E-state index contributed by atoms with van der Waals surface area (Å²) in [5.41, 5.74) is 9.00. The van der Waals surface area contributed by atoms with E-state index < -0.39 is 10.0 Å². The number of nitrogen functional groups attached to an aromatic ring is 1. The van der Waals surface area contributed by atoms with Gasteiger partial charge in [-0.05, 0) is 24.6 Å². The monoisotopic (exact) mass is 523 g/mol. The highest BCUT2D eigenvalue weighted by Crippen LogP contribution is 2.39. The number of hydrogen-bond donors (Lipinski definition) is 2. The van der Waals surface area contributed by atoms with E-state index in [0.717, 1.165) is 28.3 Å². The van der Waals surface area contributed by atoms with Gasteiger partial charge in [-0.15, -0.1) is 0 Å². The van der Waals surface area contributed by atoms with Gasteiger partial charge in [0.25, 0.3) is 0 Å². The first-order valence-corrected chi connectivity index (χ1v) is 13.8. The maximum absolute atomic E-state index is 13.3. The van der Waals surface area contributed by atoms with Gasteiger partial charge in [-0.3, -0.25) is 0 Å². The Morgan fingerprint density at radius 1 is 0.973 bits per heavy atom. The Hall–Kier alpha value is -3.39. The van der Waals surface area contributed by atoms with Crippen LogP contribution >= 0.6 is 0 Å². The lowest BCUT2D eigenvalue weighted by atomic mass is 10.1. The van der Waals surface area contributed by atoms with Crippen molar-refractivity contribution in [3.05, 3.63) is 42.2 Å². The van der Waals surface area contributed by atoms with Gasteiger partial charge in [0.15, 0.2) is 0 Å². The summed E-state index contributed by atoms with van der Waals surface area (Å²) in [6, 6.07) is 7.12. The highest BCUT2D eigenvalue weighted by atomic mass is 32.2. The molecule has 3 aromatic rings. The summed E-state index contributed by atoms with van der Waals surface area (Å²) in [7, 11) is -3.59. The topological polar surface area (TPSA) is 143 Å². The lowest BCUT2D eigenvalue weighted by Gasteiger charge is -2.29. The van der Waals surface area contributed by atoms with E-state index >= 15 is 0 Å². The van der Waals surface area contributed by atoms with Gasteiger partial charge in [0.05, 0.1) is 23.8 Å². The molecule has 37 heavy (non-hydrogen) atoms. The van der Waals surface area contributed by atoms with E-state index in [1.165, 1.54) is 0 Å². The zero-order valence-corrected chi connectivity index (χ0v) is 21.2. The molecule has 6 rings (SSSR count). The van der Waals surface area contributed by atoms with Crippen molar-refractivity contribution in [1.82, 2.24) is 29.6 Å². The first kappa shape index (κ1) is 24.0. The first-order chi connectivity index (χ1) is 18.0. The van der Waals surface area contributed by atoms with Crippen LogP contribution in [0.4, 0.5) is 23.4 Å². The number of rotatable bonds is 5. The zero-order chi connectivity index (χ0) is 25.4. The van der Waals surface area contributed by atoms with Crippen molar-refractivity contribution in [3.8, 4) is 11.3 Å². The third-order valence-electron chi connectivity index (χ3n) is 6.90. The Bertz CT molecular complexity index is 1390. The fraction of sp³-hybridized carbons (Fsp3) is 0.417. The van der Waals surface area contributed by atoms with Gasteiger partial charge in [-0.2, -0.15) is 9.29 Å². The van der Waals surface area contributed by atoms with Crippen LogP contribution in [0.2, 0.25) is 0 Å². The lowest BCUT2D eigenvalue weighted by Crippen LogP contribution is -2.46. The van der Waals surface area contributed by atoms with Crippen LogP contribution in [0.25, 0.3) is 11.3 Å². The smallest absolute Gasteiger partial charge is 0.243 e. The van der Waals surface area contributed by atoms with E-state index in [1.807, 2.05) is 6.07 Å². The summed E-state index contributed by atoms with van der Waals surface area (Å²) >= 11 is 0. The maximum Gasteiger partial charge on any atom is 0.243 e. The van der Waals surface area contributed by atoms with Crippen LogP contribution in [0.5, 0.6) is 0 Å². The summed E-state index contributed by atoms with van der Waals surface area (Å²) in [6.07, 6.45) is 4.06. The van der Waals surface area contributed by atoms with Crippen molar-refractivity contribution in [3.63, 3.8) is 0 Å². The Labute approximate surface area is 215 Å². The molecule has 0 atom stereocenters. The molecule has 0 spiro atoms. The molecule has 2 aromatic heterocycles. The Morgan fingerprint density at radius 2 is 1.73 bits per heavy atom. The minimum absolute atomic E-state index is 0.201. The van der Waals surface area contributed by atoms with E-state index in [1.54, 1.807) is 34.9 Å². The Kier molecular flexibility index (Phi) is 6.36. The standard InChI is InChI=1S/C24H29N9O3S/c25-23-27-15-17(16-28-23)21-20-4-7-33(22(20)30-24(29-21)31-10-12-36-13-11-31)18-2-1-3-19(14-18)37(34,35)32-8-5-26-6-9-32/h1-3,14-16,26H,4-13H2,(H2,25,27,28). The number of morpholine rings is 1. The molecular weight excluding hydrogens is 494 g/mol. The van der Waals surface area contributed by atoms with Crippen LogP contribution in [0.3, 0.4) is 0 Å². The highest BCUT2D eigenvalue weighted by Gasteiger charge is 2.31. The van der Waals surface area contributed by atoms with Crippen molar-refractivity contribution in [2.45, 2.75) is 11.3 Å². The summed E-state index contributed by atoms with van der Waals surface area (Å²) < 4.78 is 33.7. The lowest BCUT2D eigenvalue weighted by molar-refractivity contribution is 0.122. The van der Waals surface area contributed by atoms with Crippen LogP contribution in [-0.2, 0) is 21.2 Å². The van der Waals surface area contributed by atoms with Crippen molar-refractivity contribution in [1.29, 1.82) is 0 Å². The number of fused-ring (bicyclic) bond motifs is 1. The Morgan fingerprint density at radius 3 is 2.49 bits per heavy atom. The number of piperazine rings is 1. The van der Waals surface area contributed by atoms with Crippen LogP contribution in [0.1, 0.15) is 5.56 Å². The van der Waals surface area contributed by atoms with Gasteiger partial charge in [0.1, 0.15) is 5.82 Å². The maximum atomic E-state index is 13.3. The number of sulfonamides is 1. The molecule has 194 valence electrons. The average Bonchev–Trinajstić information content (AvgIpc) is 3.38. The second kappa shape index (κ2) is 9.82. The zero-order valence-electron chi connectivity index (χ0n) is 20.4. The summed E-state index contributed by atoms with van der Waals surface area (Å²) in [6.45, 7) is 5.46. The molecule has 12 nitrogen and oxygen atoms in total. The largest absolute Gasteiger partial charge is 0.378 e.